The molecule has 3 heterocycles. The third kappa shape index (κ3) is 4.81. The van der Waals surface area contributed by atoms with Crippen LogP contribution in [0.2, 0.25) is 10.0 Å². The van der Waals surface area contributed by atoms with Crippen LogP contribution in [0.4, 0.5) is 0 Å². The van der Waals surface area contributed by atoms with Gasteiger partial charge in [-0.05, 0) is 31.4 Å². The summed E-state index contributed by atoms with van der Waals surface area (Å²) in [5, 5.41) is 9.13. The Hall–Kier alpha value is -2.45. The summed E-state index contributed by atoms with van der Waals surface area (Å²) in [4.78, 5) is 34.5. The first-order chi connectivity index (χ1) is 15.5. The fourth-order valence-corrected chi connectivity index (χ4v) is 4.62. The number of H-pyrrole nitrogens is 1. The number of nitrogens with one attached hydrogen (secondary N) is 1. The quantitative estimate of drug-likeness (QED) is 0.516. The van der Waals surface area contributed by atoms with Gasteiger partial charge in [0.1, 0.15) is 5.82 Å². The van der Waals surface area contributed by atoms with Crippen molar-refractivity contribution < 1.29 is 4.79 Å². The Morgan fingerprint density at radius 2 is 1.91 bits per heavy atom. The molecule has 3 aromatic rings. The molecule has 0 spiro atoms. The molecule has 1 saturated heterocycles. The first kappa shape index (κ1) is 22.7. The van der Waals surface area contributed by atoms with Gasteiger partial charge in [0.2, 0.25) is 5.91 Å². The smallest absolute Gasteiger partial charge is 0.281 e. The van der Waals surface area contributed by atoms with E-state index in [1.807, 2.05) is 4.90 Å². The van der Waals surface area contributed by atoms with E-state index < -0.39 is 0 Å². The molecule has 10 heteroatoms. The summed E-state index contributed by atoms with van der Waals surface area (Å²) in [6, 6.07) is 5.28. The molecule has 8 nitrogen and oxygen atoms in total. The van der Waals surface area contributed by atoms with Gasteiger partial charge in [-0.15, -0.1) is 5.10 Å². The zero-order valence-electron chi connectivity index (χ0n) is 18.0. The molecule has 4 rings (SSSR count). The Morgan fingerprint density at radius 3 is 2.59 bits per heavy atom. The molecule has 1 aliphatic heterocycles. The number of piperidine rings is 1. The molecule has 170 valence electrons. The summed E-state index contributed by atoms with van der Waals surface area (Å²) in [7, 11) is 0. The van der Waals surface area contributed by atoms with E-state index in [0.717, 1.165) is 32.1 Å². The van der Waals surface area contributed by atoms with Crippen molar-refractivity contribution in [3.05, 3.63) is 50.0 Å². The number of rotatable bonds is 7. The average molecular weight is 477 g/mol. The van der Waals surface area contributed by atoms with E-state index in [4.69, 9.17) is 28.2 Å². The van der Waals surface area contributed by atoms with Crippen molar-refractivity contribution in [2.45, 2.75) is 57.9 Å². The highest BCUT2D eigenvalue weighted by Crippen LogP contribution is 2.28. The molecule has 0 unspecified atom stereocenters. The molecule has 0 aliphatic carbocycles. The maximum atomic E-state index is 12.6. The molecule has 2 aromatic heterocycles. The van der Waals surface area contributed by atoms with Crippen molar-refractivity contribution >= 4 is 40.3 Å². The highest BCUT2D eigenvalue weighted by atomic mass is 35.5. The van der Waals surface area contributed by atoms with Gasteiger partial charge in [0, 0.05) is 41.0 Å². The second-order valence-corrected chi connectivity index (χ2v) is 9.00. The summed E-state index contributed by atoms with van der Waals surface area (Å²) in [5.41, 5.74) is 0.957. The second-order valence-electron chi connectivity index (χ2n) is 8.18. The number of unbranched alkanes of at least 4 members (excludes halogenated alkanes) is 2. The summed E-state index contributed by atoms with van der Waals surface area (Å²) in [5.74, 6) is 0.890. The molecule has 0 atom stereocenters. The Balaban J connectivity index is 1.52. The molecule has 1 aromatic carbocycles. The zero-order chi connectivity index (χ0) is 22.7. The first-order valence-electron chi connectivity index (χ1n) is 11.0. The molecule has 0 radical (unpaired) electrons. The van der Waals surface area contributed by atoms with Crippen molar-refractivity contribution in [1.29, 1.82) is 0 Å². The Bertz CT molecular complexity index is 1150. The lowest BCUT2D eigenvalue weighted by Crippen LogP contribution is -2.38. The number of fused-ring (bicyclic) bond motifs is 1. The largest absolute Gasteiger partial charge is 0.343 e. The van der Waals surface area contributed by atoms with E-state index in [1.165, 1.54) is 0 Å². The van der Waals surface area contributed by atoms with E-state index in [0.29, 0.717) is 46.6 Å². The van der Waals surface area contributed by atoms with E-state index in [2.05, 4.69) is 22.2 Å². The van der Waals surface area contributed by atoms with Crippen LogP contribution in [0.25, 0.3) is 11.2 Å². The Labute approximate surface area is 195 Å². The van der Waals surface area contributed by atoms with Gasteiger partial charge < -0.3 is 9.88 Å². The van der Waals surface area contributed by atoms with Crippen LogP contribution in [0.5, 0.6) is 0 Å². The van der Waals surface area contributed by atoms with E-state index in [-0.39, 0.29) is 29.4 Å². The highest BCUT2D eigenvalue weighted by Gasteiger charge is 2.26. The molecule has 0 saturated carbocycles. The van der Waals surface area contributed by atoms with Crippen LogP contribution < -0.4 is 5.56 Å². The van der Waals surface area contributed by atoms with Gasteiger partial charge in [-0.25, -0.2) is 9.67 Å². The van der Waals surface area contributed by atoms with Crippen LogP contribution in [-0.4, -0.2) is 48.9 Å². The number of carbonyl (C=O) groups is 1. The molecule has 32 heavy (non-hydrogen) atoms. The van der Waals surface area contributed by atoms with Crippen molar-refractivity contribution in [3.63, 3.8) is 0 Å². The number of hydrogen-bond donors (Lipinski definition) is 1. The fourth-order valence-electron chi connectivity index (χ4n) is 4.10. The third-order valence-corrected chi connectivity index (χ3v) is 6.70. The van der Waals surface area contributed by atoms with Gasteiger partial charge in [-0.2, -0.15) is 0 Å². The van der Waals surface area contributed by atoms with E-state index >= 15 is 0 Å². The standard InChI is InChI=1S/C22H26Cl2N6O2/c1-2-3-4-8-18(31)29-11-9-14(10-12-29)20-25-21-19(22(32)26-20)27-28-30(21)13-15-16(23)6-5-7-17(15)24/h5-7,14H,2-4,8-13H2,1H3,(H,25,26,32). The Kier molecular flexibility index (Phi) is 7.10. The van der Waals surface area contributed by atoms with Crippen molar-refractivity contribution in [2.75, 3.05) is 13.1 Å². The van der Waals surface area contributed by atoms with Gasteiger partial charge in [-0.1, -0.05) is 54.2 Å². The van der Waals surface area contributed by atoms with E-state index in [9.17, 15) is 9.59 Å². The molecule has 0 bridgehead atoms. The van der Waals surface area contributed by atoms with Crippen LogP contribution in [0.1, 0.15) is 62.8 Å². The summed E-state index contributed by atoms with van der Waals surface area (Å²) in [6.07, 6.45) is 5.24. The minimum absolute atomic E-state index is 0.0686. The number of benzene rings is 1. The van der Waals surface area contributed by atoms with Crippen molar-refractivity contribution in [3.8, 4) is 0 Å². The second kappa shape index (κ2) is 10.0. The number of likely N-dealkylation sites (tertiary alicyclic amines) is 1. The average Bonchev–Trinajstić information content (AvgIpc) is 3.20. The molecular weight excluding hydrogens is 451 g/mol. The van der Waals surface area contributed by atoms with Crippen LogP contribution in [0.3, 0.4) is 0 Å². The van der Waals surface area contributed by atoms with Crippen LogP contribution in [-0.2, 0) is 11.3 Å². The number of carbonyl (C=O) groups excluding carboxylic acids is 1. The van der Waals surface area contributed by atoms with E-state index in [1.54, 1.807) is 22.9 Å². The third-order valence-electron chi connectivity index (χ3n) is 5.99. The Morgan fingerprint density at radius 1 is 1.19 bits per heavy atom. The lowest BCUT2D eigenvalue weighted by molar-refractivity contribution is -0.132. The maximum absolute atomic E-state index is 12.6. The molecular formula is C22H26Cl2N6O2. The number of amides is 1. The minimum Gasteiger partial charge on any atom is -0.343 e. The normalized spacial score (nSPS) is 14.9. The summed E-state index contributed by atoms with van der Waals surface area (Å²) >= 11 is 12.6. The number of hydrogen-bond acceptors (Lipinski definition) is 5. The first-order valence-corrected chi connectivity index (χ1v) is 11.8. The van der Waals surface area contributed by atoms with Crippen molar-refractivity contribution in [2.24, 2.45) is 0 Å². The molecule has 1 amide bonds. The van der Waals surface area contributed by atoms with Gasteiger partial charge in [0.15, 0.2) is 11.2 Å². The topological polar surface area (TPSA) is 96.8 Å². The predicted molar refractivity (Wildman–Crippen MR) is 124 cm³/mol. The van der Waals surface area contributed by atoms with Crippen LogP contribution in [0, 0.1) is 0 Å². The van der Waals surface area contributed by atoms with Crippen molar-refractivity contribution in [1.82, 2.24) is 29.9 Å². The van der Waals surface area contributed by atoms with Gasteiger partial charge >= 0.3 is 0 Å². The number of nitrogens with zero attached hydrogens (tertiary/aromatic N) is 5. The SMILES string of the molecule is CCCCCC(=O)N1CCC(c2nc3c(nnn3Cc3c(Cl)cccc3Cl)c(=O)[nH]2)CC1. The van der Waals surface area contributed by atoms with Gasteiger partial charge in [0.05, 0.1) is 6.54 Å². The van der Waals surface area contributed by atoms with Crippen LogP contribution >= 0.6 is 23.2 Å². The van der Waals surface area contributed by atoms with Gasteiger partial charge in [0.25, 0.3) is 5.56 Å². The number of aromatic amines is 1. The van der Waals surface area contributed by atoms with Gasteiger partial charge in [-0.3, -0.25) is 9.59 Å². The predicted octanol–water partition coefficient (Wildman–Crippen LogP) is 4.16. The minimum atomic E-state index is -0.320. The highest BCUT2D eigenvalue weighted by molar-refractivity contribution is 6.36. The van der Waals surface area contributed by atoms with Crippen LogP contribution in [0.15, 0.2) is 23.0 Å². The summed E-state index contributed by atoms with van der Waals surface area (Å²) in [6.45, 7) is 3.73. The molecule has 1 fully saturated rings. The molecule has 1 aliphatic rings. The monoisotopic (exact) mass is 476 g/mol. The summed E-state index contributed by atoms with van der Waals surface area (Å²) < 4.78 is 1.55. The lowest BCUT2D eigenvalue weighted by atomic mass is 9.95. The number of halogens is 2. The lowest BCUT2D eigenvalue weighted by Gasteiger charge is -2.31. The zero-order valence-corrected chi connectivity index (χ0v) is 19.5. The maximum Gasteiger partial charge on any atom is 0.281 e. The molecule has 1 N–H and O–H groups in total. The number of aromatic nitrogens is 5. The fraction of sp³-hybridized carbons (Fsp3) is 0.500.